The molecule has 22 heavy (non-hydrogen) atoms. The lowest BCUT2D eigenvalue weighted by Gasteiger charge is -2.55. The number of carbonyl (C=O) groups excluding carboxylic acids is 2. The number of hydrogen-bond acceptors (Lipinski definition) is 2. The molecule has 4 heteroatoms. The molecule has 4 nitrogen and oxygen atoms in total. The van der Waals surface area contributed by atoms with Crippen molar-refractivity contribution in [3.05, 3.63) is 30.1 Å². The van der Waals surface area contributed by atoms with E-state index in [-0.39, 0.29) is 5.41 Å². The number of carbonyl (C=O) groups is 2. The zero-order chi connectivity index (χ0) is 15.3. The van der Waals surface area contributed by atoms with E-state index in [2.05, 4.69) is 0 Å². The Hall–Kier alpha value is -1.71. The zero-order valence-corrected chi connectivity index (χ0v) is 12.8. The van der Waals surface area contributed by atoms with Crippen molar-refractivity contribution in [1.82, 2.24) is 0 Å². The summed E-state index contributed by atoms with van der Waals surface area (Å²) in [6, 6.07) is 3.47. The molecular weight excluding hydrogens is 276 g/mol. The number of aromatic nitrogens is 1. The maximum Gasteiger partial charge on any atom is 0.254 e. The summed E-state index contributed by atoms with van der Waals surface area (Å²) >= 11 is 0. The largest absolute Gasteiger partial charge is 0.365 e. The van der Waals surface area contributed by atoms with E-state index < -0.39 is 5.91 Å². The molecular formula is C18H23N2O2+. The smallest absolute Gasteiger partial charge is 0.254 e. The summed E-state index contributed by atoms with van der Waals surface area (Å²) in [5, 5.41) is 0. The second kappa shape index (κ2) is 4.90. The van der Waals surface area contributed by atoms with Gasteiger partial charge in [-0.1, -0.05) is 0 Å². The fourth-order valence-corrected chi connectivity index (χ4v) is 5.55. The van der Waals surface area contributed by atoms with Gasteiger partial charge < -0.3 is 5.73 Å². The van der Waals surface area contributed by atoms with Gasteiger partial charge in [0.2, 0.25) is 12.3 Å². The number of ketones is 1. The van der Waals surface area contributed by atoms with Crippen LogP contribution in [0.3, 0.4) is 0 Å². The molecule has 116 valence electrons. The van der Waals surface area contributed by atoms with Gasteiger partial charge in [-0.3, -0.25) is 9.59 Å². The van der Waals surface area contributed by atoms with Crippen molar-refractivity contribution in [3.8, 4) is 0 Å². The standard InChI is InChI=1S/C18H22N2O2/c19-17(22)15-2-1-3-20(10-15)11-16(21)18-7-12-4-13(8-18)6-14(5-12)9-18/h1-3,10,12-14H,4-9,11H2,(H-,19,22)/p+1. The molecule has 4 aliphatic rings. The Balaban J connectivity index is 1.55. The quantitative estimate of drug-likeness (QED) is 0.863. The predicted molar refractivity (Wildman–Crippen MR) is 80.8 cm³/mol. The Bertz CT molecular complexity index is 602. The van der Waals surface area contributed by atoms with Gasteiger partial charge in [0.15, 0.2) is 12.4 Å². The third kappa shape index (κ3) is 2.25. The van der Waals surface area contributed by atoms with E-state index in [1.807, 2.05) is 10.8 Å². The summed E-state index contributed by atoms with van der Waals surface area (Å²) in [5.41, 5.74) is 5.70. The molecule has 4 fully saturated rings. The molecule has 1 aromatic heterocycles. The highest BCUT2D eigenvalue weighted by Gasteiger charge is 2.54. The van der Waals surface area contributed by atoms with Gasteiger partial charge in [0, 0.05) is 11.5 Å². The van der Waals surface area contributed by atoms with E-state index in [4.69, 9.17) is 5.73 Å². The van der Waals surface area contributed by atoms with Crippen molar-refractivity contribution in [2.75, 3.05) is 0 Å². The number of amides is 1. The number of rotatable bonds is 4. The van der Waals surface area contributed by atoms with Gasteiger partial charge in [0.1, 0.15) is 5.56 Å². The predicted octanol–water partition coefficient (Wildman–Crippen LogP) is 1.86. The van der Waals surface area contributed by atoms with Crippen LogP contribution in [0.2, 0.25) is 0 Å². The minimum atomic E-state index is -0.448. The highest BCUT2D eigenvalue weighted by Crippen LogP contribution is 2.60. The molecule has 0 aromatic carbocycles. The van der Waals surface area contributed by atoms with Crippen LogP contribution in [0.4, 0.5) is 0 Å². The van der Waals surface area contributed by atoms with Crippen LogP contribution in [0.25, 0.3) is 0 Å². The molecule has 1 aromatic rings. The topological polar surface area (TPSA) is 64.0 Å². The van der Waals surface area contributed by atoms with Crippen LogP contribution >= 0.6 is 0 Å². The number of nitrogens with zero attached hydrogens (tertiary/aromatic N) is 1. The minimum Gasteiger partial charge on any atom is -0.365 e. The van der Waals surface area contributed by atoms with Crippen molar-refractivity contribution in [2.24, 2.45) is 28.9 Å². The van der Waals surface area contributed by atoms with Gasteiger partial charge in [0.25, 0.3) is 5.91 Å². The molecule has 4 aliphatic carbocycles. The molecule has 2 N–H and O–H groups in total. The lowest BCUT2D eigenvalue weighted by molar-refractivity contribution is -0.685. The van der Waals surface area contributed by atoms with E-state index in [1.54, 1.807) is 18.3 Å². The van der Waals surface area contributed by atoms with Gasteiger partial charge in [0.05, 0.1) is 0 Å². The summed E-state index contributed by atoms with van der Waals surface area (Å²) in [5.74, 6) is 2.24. The van der Waals surface area contributed by atoms with Gasteiger partial charge in [-0.15, -0.1) is 0 Å². The normalized spacial score (nSPS) is 35.5. The highest BCUT2D eigenvalue weighted by atomic mass is 16.1. The first kappa shape index (κ1) is 13.9. The SMILES string of the molecule is NC(=O)c1ccc[n+](CC(=O)C23CC4CC(CC(C4)C2)C3)c1. The highest BCUT2D eigenvalue weighted by molar-refractivity contribution is 5.92. The maximum absolute atomic E-state index is 13.0. The first-order chi connectivity index (χ1) is 10.5. The molecule has 0 aliphatic heterocycles. The Morgan fingerprint density at radius 1 is 1.14 bits per heavy atom. The maximum atomic E-state index is 13.0. The third-order valence-electron chi connectivity index (χ3n) is 6.10. The molecule has 1 amide bonds. The molecule has 0 radical (unpaired) electrons. The molecule has 0 saturated heterocycles. The van der Waals surface area contributed by atoms with Crippen LogP contribution in [0.1, 0.15) is 48.9 Å². The summed E-state index contributed by atoms with van der Waals surface area (Å²) in [6.45, 7) is 0.368. The second-order valence-corrected chi connectivity index (χ2v) is 7.75. The first-order valence-corrected chi connectivity index (χ1v) is 8.36. The van der Waals surface area contributed by atoms with Crippen molar-refractivity contribution >= 4 is 11.7 Å². The number of Topliss-reactive ketones (excluding diaryl/α,β-unsaturated/α-hetero) is 1. The molecule has 5 rings (SSSR count). The van der Waals surface area contributed by atoms with Gasteiger partial charge in [-0.25, -0.2) is 0 Å². The number of nitrogens with two attached hydrogens (primary N) is 1. The Morgan fingerprint density at radius 2 is 1.73 bits per heavy atom. The first-order valence-electron chi connectivity index (χ1n) is 8.36. The second-order valence-electron chi connectivity index (χ2n) is 7.75. The van der Waals surface area contributed by atoms with E-state index in [1.165, 1.54) is 19.3 Å². The zero-order valence-electron chi connectivity index (χ0n) is 12.8. The van der Waals surface area contributed by atoms with E-state index in [0.29, 0.717) is 17.9 Å². The van der Waals surface area contributed by atoms with Crippen molar-refractivity contribution in [2.45, 2.75) is 45.1 Å². The molecule has 0 spiro atoms. The summed E-state index contributed by atoms with van der Waals surface area (Å²) in [6.07, 6.45) is 10.9. The average Bonchev–Trinajstić information content (AvgIpc) is 2.46. The van der Waals surface area contributed by atoms with Crippen LogP contribution in [0, 0.1) is 23.2 Å². The van der Waals surface area contributed by atoms with Crippen molar-refractivity contribution < 1.29 is 14.2 Å². The number of hydrogen-bond donors (Lipinski definition) is 1. The van der Waals surface area contributed by atoms with Gasteiger partial charge >= 0.3 is 0 Å². The molecule has 4 saturated carbocycles. The van der Waals surface area contributed by atoms with Crippen LogP contribution in [-0.4, -0.2) is 11.7 Å². The van der Waals surface area contributed by atoms with Crippen molar-refractivity contribution in [1.29, 1.82) is 0 Å². The van der Waals surface area contributed by atoms with Gasteiger partial charge in [-0.05, 0) is 62.3 Å². The third-order valence-corrected chi connectivity index (χ3v) is 6.10. The number of primary amides is 1. The lowest BCUT2D eigenvalue weighted by atomic mass is 9.48. The molecule has 4 bridgehead atoms. The molecule has 1 heterocycles. The molecule has 0 atom stereocenters. The van der Waals surface area contributed by atoms with Crippen LogP contribution in [0.5, 0.6) is 0 Å². The van der Waals surface area contributed by atoms with E-state index in [0.717, 1.165) is 37.0 Å². The van der Waals surface area contributed by atoms with E-state index >= 15 is 0 Å². The fraction of sp³-hybridized carbons (Fsp3) is 0.611. The minimum absolute atomic E-state index is 0.0789. The van der Waals surface area contributed by atoms with Crippen LogP contribution < -0.4 is 10.3 Å². The van der Waals surface area contributed by atoms with Crippen LogP contribution in [0.15, 0.2) is 24.5 Å². The van der Waals surface area contributed by atoms with Crippen molar-refractivity contribution in [3.63, 3.8) is 0 Å². The summed E-state index contributed by atoms with van der Waals surface area (Å²) < 4.78 is 1.82. The van der Waals surface area contributed by atoms with E-state index in [9.17, 15) is 9.59 Å². The summed E-state index contributed by atoms with van der Waals surface area (Å²) in [4.78, 5) is 24.3. The van der Waals surface area contributed by atoms with Gasteiger partial charge in [-0.2, -0.15) is 4.57 Å². The monoisotopic (exact) mass is 299 g/mol. The fourth-order valence-electron chi connectivity index (χ4n) is 5.55. The van der Waals surface area contributed by atoms with Crippen LogP contribution in [-0.2, 0) is 11.3 Å². The Labute approximate surface area is 130 Å². The lowest BCUT2D eigenvalue weighted by Crippen LogP contribution is -2.53. The summed E-state index contributed by atoms with van der Waals surface area (Å²) in [7, 11) is 0. The Kier molecular flexibility index (Phi) is 3.10. The average molecular weight is 299 g/mol. The molecule has 0 unspecified atom stereocenters. The number of pyridine rings is 1. The Morgan fingerprint density at radius 3 is 2.27 bits per heavy atom.